The molecule has 0 saturated carbocycles. The van der Waals surface area contributed by atoms with Gasteiger partial charge in [0.15, 0.2) is 5.78 Å². The Hall–Kier alpha value is -1.15. The SMILES string of the molecule is Cc1ccccc1C(=O)C1CC2CCCC(C1)N2C. The maximum absolute atomic E-state index is 12.7. The van der Waals surface area contributed by atoms with E-state index in [1.807, 2.05) is 31.2 Å². The molecule has 2 aliphatic heterocycles. The number of hydrogen-bond acceptors (Lipinski definition) is 2. The van der Waals surface area contributed by atoms with Crippen molar-refractivity contribution in [3.8, 4) is 0 Å². The maximum atomic E-state index is 12.7. The summed E-state index contributed by atoms with van der Waals surface area (Å²) in [5.41, 5.74) is 2.06. The Kier molecular flexibility index (Phi) is 3.44. The second-order valence-corrected chi connectivity index (χ2v) is 6.25. The van der Waals surface area contributed by atoms with Gasteiger partial charge in [-0.2, -0.15) is 0 Å². The van der Waals surface area contributed by atoms with Crippen LogP contribution >= 0.6 is 0 Å². The van der Waals surface area contributed by atoms with Gasteiger partial charge in [-0.15, -0.1) is 0 Å². The van der Waals surface area contributed by atoms with E-state index in [0.717, 1.165) is 24.0 Å². The van der Waals surface area contributed by atoms with Gasteiger partial charge in [0, 0.05) is 23.6 Å². The van der Waals surface area contributed by atoms with Crippen LogP contribution in [0.2, 0.25) is 0 Å². The number of benzene rings is 1. The number of aryl methyl sites for hydroxylation is 1. The first-order chi connectivity index (χ1) is 9.16. The Morgan fingerprint density at radius 2 is 1.79 bits per heavy atom. The Balaban J connectivity index is 1.80. The van der Waals surface area contributed by atoms with Gasteiger partial charge in [-0.1, -0.05) is 30.7 Å². The Morgan fingerprint density at radius 3 is 2.42 bits per heavy atom. The molecule has 2 heterocycles. The number of Topliss-reactive ketones (excluding diaryl/α,β-unsaturated/α-hetero) is 1. The van der Waals surface area contributed by atoms with Crippen LogP contribution in [0.5, 0.6) is 0 Å². The average Bonchev–Trinajstić information content (AvgIpc) is 2.38. The molecule has 3 rings (SSSR count). The number of rotatable bonds is 2. The highest BCUT2D eigenvalue weighted by molar-refractivity contribution is 5.99. The first kappa shape index (κ1) is 12.9. The molecule has 0 aromatic heterocycles. The van der Waals surface area contributed by atoms with Crippen molar-refractivity contribution in [2.45, 2.75) is 51.1 Å². The van der Waals surface area contributed by atoms with Gasteiger partial charge in [0.05, 0.1) is 0 Å². The molecule has 2 aliphatic rings. The number of fused-ring (bicyclic) bond motifs is 2. The standard InChI is InChI=1S/C17H23NO/c1-12-6-3-4-9-16(12)17(19)13-10-14-7-5-8-15(11-13)18(14)2/h3-4,6,9,13-15H,5,7-8,10-11H2,1-2H3. The lowest BCUT2D eigenvalue weighted by Gasteiger charge is -2.46. The molecule has 2 atom stereocenters. The molecule has 0 aliphatic carbocycles. The molecule has 2 saturated heterocycles. The van der Waals surface area contributed by atoms with Crippen molar-refractivity contribution >= 4 is 5.78 Å². The lowest BCUT2D eigenvalue weighted by atomic mass is 9.75. The normalized spacial score (nSPS) is 31.2. The number of piperidine rings is 2. The summed E-state index contributed by atoms with van der Waals surface area (Å²) in [6.45, 7) is 2.04. The van der Waals surface area contributed by atoms with Crippen LogP contribution in [0.15, 0.2) is 24.3 Å². The minimum Gasteiger partial charge on any atom is -0.300 e. The summed E-state index contributed by atoms with van der Waals surface area (Å²) in [7, 11) is 2.24. The summed E-state index contributed by atoms with van der Waals surface area (Å²) in [6.07, 6.45) is 5.99. The fourth-order valence-corrected chi connectivity index (χ4v) is 3.90. The van der Waals surface area contributed by atoms with E-state index < -0.39 is 0 Å². The molecule has 2 nitrogen and oxygen atoms in total. The highest BCUT2D eigenvalue weighted by atomic mass is 16.1. The molecule has 0 N–H and O–H groups in total. The van der Waals surface area contributed by atoms with Gasteiger partial charge in [-0.25, -0.2) is 0 Å². The first-order valence-electron chi connectivity index (χ1n) is 7.48. The first-order valence-corrected chi connectivity index (χ1v) is 7.48. The molecule has 1 aromatic carbocycles. The van der Waals surface area contributed by atoms with E-state index in [0.29, 0.717) is 17.9 Å². The molecule has 2 heteroatoms. The van der Waals surface area contributed by atoms with Crippen molar-refractivity contribution in [1.29, 1.82) is 0 Å². The molecular weight excluding hydrogens is 234 g/mol. The topological polar surface area (TPSA) is 20.3 Å². The van der Waals surface area contributed by atoms with Crippen molar-refractivity contribution in [3.63, 3.8) is 0 Å². The molecule has 0 spiro atoms. The molecule has 2 bridgehead atoms. The van der Waals surface area contributed by atoms with Crippen LogP contribution in [0.1, 0.15) is 48.0 Å². The highest BCUT2D eigenvalue weighted by Crippen LogP contribution is 2.37. The van der Waals surface area contributed by atoms with Crippen molar-refractivity contribution in [2.75, 3.05) is 7.05 Å². The van der Waals surface area contributed by atoms with Crippen LogP contribution in [-0.2, 0) is 0 Å². The Labute approximate surface area is 115 Å². The summed E-state index contributed by atoms with van der Waals surface area (Å²) < 4.78 is 0. The summed E-state index contributed by atoms with van der Waals surface area (Å²) in [5, 5.41) is 0. The van der Waals surface area contributed by atoms with Gasteiger partial charge in [-0.3, -0.25) is 4.79 Å². The summed E-state index contributed by atoms with van der Waals surface area (Å²) >= 11 is 0. The summed E-state index contributed by atoms with van der Waals surface area (Å²) in [5.74, 6) is 0.621. The van der Waals surface area contributed by atoms with E-state index in [4.69, 9.17) is 0 Å². The Morgan fingerprint density at radius 1 is 1.16 bits per heavy atom. The zero-order valence-corrected chi connectivity index (χ0v) is 11.9. The maximum Gasteiger partial charge on any atom is 0.166 e. The highest BCUT2D eigenvalue weighted by Gasteiger charge is 2.38. The number of carbonyl (C=O) groups excluding carboxylic acids is 1. The molecule has 1 aromatic rings. The van der Waals surface area contributed by atoms with Gasteiger partial charge in [-0.05, 0) is 45.2 Å². The largest absolute Gasteiger partial charge is 0.300 e. The summed E-state index contributed by atoms with van der Waals surface area (Å²) in [6, 6.07) is 9.29. The second kappa shape index (κ2) is 5.09. The molecule has 19 heavy (non-hydrogen) atoms. The van der Waals surface area contributed by atoms with Crippen LogP contribution in [0.25, 0.3) is 0 Å². The van der Waals surface area contributed by atoms with Crippen LogP contribution in [0, 0.1) is 12.8 Å². The minimum absolute atomic E-state index is 0.243. The lowest BCUT2D eigenvalue weighted by Crippen LogP contribution is -2.51. The fraction of sp³-hybridized carbons (Fsp3) is 0.588. The molecule has 0 amide bonds. The molecule has 102 valence electrons. The zero-order valence-electron chi connectivity index (χ0n) is 11.9. The van der Waals surface area contributed by atoms with E-state index in [1.54, 1.807) is 0 Å². The number of ketones is 1. The number of carbonyl (C=O) groups is 1. The van der Waals surface area contributed by atoms with Crippen molar-refractivity contribution in [2.24, 2.45) is 5.92 Å². The third-order valence-corrected chi connectivity index (χ3v) is 5.12. The smallest absolute Gasteiger partial charge is 0.166 e. The predicted molar refractivity (Wildman–Crippen MR) is 77.4 cm³/mol. The molecule has 2 fully saturated rings. The van der Waals surface area contributed by atoms with Gasteiger partial charge < -0.3 is 4.90 Å². The monoisotopic (exact) mass is 257 g/mol. The molecular formula is C17H23NO. The van der Waals surface area contributed by atoms with Crippen LogP contribution in [-0.4, -0.2) is 29.8 Å². The third kappa shape index (κ3) is 2.34. The van der Waals surface area contributed by atoms with Crippen LogP contribution < -0.4 is 0 Å². The Bertz CT molecular complexity index is 468. The predicted octanol–water partition coefficient (Wildman–Crippen LogP) is 3.44. The number of nitrogens with zero attached hydrogens (tertiary/aromatic N) is 1. The van der Waals surface area contributed by atoms with E-state index >= 15 is 0 Å². The van der Waals surface area contributed by atoms with Crippen molar-refractivity contribution in [1.82, 2.24) is 4.90 Å². The zero-order chi connectivity index (χ0) is 13.4. The van der Waals surface area contributed by atoms with E-state index in [1.165, 1.54) is 19.3 Å². The quantitative estimate of drug-likeness (QED) is 0.756. The minimum atomic E-state index is 0.243. The van der Waals surface area contributed by atoms with E-state index in [2.05, 4.69) is 11.9 Å². The van der Waals surface area contributed by atoms with Gasteiger partial charge in [0.2, 0.25) is 0 Å². The van der Waals surface area contributed by atoms with Gasteiger partial charge in [0.1, 0.15) is 0 Å². The number of hydrogen-bond donors (Lipinski definition) is 0. The lowest BCUT2D eigenvalue weighted by molar-refractivity contribution is 0.0338. The third-order valence-electron chi connectivity index (χ3n) is 5.12. The van der Waals surface area contributed by atoms with E-state index in [-0.39, 0.29) is 5.92 Å². The van der Waals surface area contributed by atoms with Gasteiger partial charge >= 0.3 is 0 Å². The van der Waals surface area contributed by atoms with Crippen molar-refractivity contribution in [3.05, 3.63) is 35.4 Å². The average molecular weight is 257 g/mol. The van der Waals surface area contributed by atoms with E-state index in [9.17, 15) is 4.79 Å². The van der Waals surface area contributed by atoms with Crippen molar-refractivity contribution < 1.29 is 4.79 Å². The molecule has 0 radical (unpaired) electrons. The fourth-order valence-electron chi connectivity index (χ4n) is 3.90. The van der Waals surface area contributed by atoms with Crippen LogP contribution in [0.3, 0.4) is 0 Å². The van der Waals surface area contributed by atoms with Gasteiger partial charge in [0.25, 0.3) is 0 Å². The second-order valence-electron chi connectivity index (χ2n) is 6.25. The van der Waals surface area contributed by atoms with Crippen LogP contribution in [0.4, 0.5) is 0 Å². The summed E-state index contributed by atoms with van der Waals surface area (Å²) in [4.78, 5) is 15.3. The molecule has 2 unspecified atom stereocenters.